The third-order valence-electron chi connectivity index (χ3n) is 3.06. The largest absolute Gasteiger partial charge is 0.481 e. The first-order valence-electron chi connectivity index (χ1n) is 6.97. The Morgan fingerprint density at radius 1 is 1.30 bits per heavy atom. The van der Waals surface area contributed by atoms with Crippen LogP contribution < -0.4 is 10.1 Å². The van der Waals surface area contributed by atoms with E-state index in [1.165, 1.54) is 18.2 Å². The number of nitro benzene ring substituents is 1. The van der Waals surface area contributed by atoms with Crippen LogP contribution in [0.2, 0.25) is 5.02 Å². The van der Waals surface area contributed by atoms with Gasteiger partial charge in [-0.25, -0.2) is 0 Å². The molecule has 0 saturated heterocycles. The van der Waals surface area contributed by atoms with Crippen molar-refractivity contribution in [2.45, 2.75) is 19.4 Å². The second-order valence-corrected chi connectivity index (χ2v) is 5.21. The Morgan fingerprint density at radius 3 is 2.70 bits per heavy atom. The van der Waals surface area contributed by atoms with Gasteiger partial charge >= 0.3 is 0 Å². The first kappa shape index (κ1) is 16.8. The Balaban J connectivity index is 2.08. The molecule has 2 rings (SSSR count). The zero-order chi connectivity index (χ0) is 16.8. The van der Waals surface area contributed by atoms with Crippen molar-refractivity contribution in [2.24, 2.45) is 0 Å². The van der Waals surface area contributed by atoms with E-state index in [-0.39, 0.29) is 11.6 Å². The predicted molar refractivity (Wildman–Crippen MR) is 87.9 cm³/mol. The van der Waals surface area contributed by atoms with E-state index in [4.69, 9.17) is 16.3 Å². The van der Waals surface area contributed by atoms with Crippen LogP contribution in [0.1, 0.15) is 13.3 Å². The van der Waals surface area contributed by atoms with E-state index in [1.807, 2.05) is 6.92 Å². The second kappa shape index (κ2) is 7.60. The van der Waals surface area contributed by atoms with Crippen LogP contribution in [0.25, 0.3) is 0 Å². The molecule has 0 bridgehead atoms. The van der Waals surface area contributed by atoms with Crippen molar-refractivity contribution in [2.75, 3.05) is 5.32 Å². The average molecular weight is 335 g/mol. The third kappa shape index (κ3) is 4.69. The quantitative estimate of drug-likeness (QED) is 0.638. The highest BCUT2D eigenvalue weighted by atomic mass is 35.5. The van der Waals surface area contributed by atoms with Crippen LogP contribution in [-0.2, 0) is 4.79 Å². The van der Waals surface area contributed by atoms with Gasteiger partial charge in [-0.05, 0) is 30.7 Å². The lowest BCUT2D eigenvalue weighted by Crippen LogP contribution is -2.32. The Hall–Kier alpha value is -2.60. The fourth-order valence-corrected chi connectivity index (χ4v) is 2.13. The molecule has 1 N–H and O–H groups in total. The molecule has 1 amide bonds. The number of non-ortho nitro benzene ring substituents is 1. The molecule has 2 aromatic rings. The van der Waals surface area contributed by atoms with Gasteiger partial charge in [-0.2, -0.15) is 0 Å². The van der Waals surface area contributed by atoms with Gasteiger partial charge in [-0.3, -0.25) is 14.9 Å². The minimum absolute atomic E-state index is 0.0911. The molecule has 1 atom stereocenters. The van der Waals surface area contributed by atoms with Crippen LogP contribution in [0.5, 0.6) is 5.75 Å². The summed E-state index contributed by atoms with van der Waals surface area (Å²) in [6.45, 7) is 1.81. The molecule has 0 fully saturated rings. The summed E-state index contributed by atoms with van der Waals surface area (Å²) < 4.78 is 5.63. The molecular weight excluding hydrogens is 320 g/mol. The smallest absolute Gasteiger partial charge is 0.271 e. The van der Waals surface area contributed by atoms with Gasteiger partial charge in [0.25, 0.3) is 11.6 Å². The van der Waals surface area contributed by atoms with Crippen molar-refractivity contribution in [3.05, 3.63) is 63.7 Å². The molecule has 0 aliphatic rings. The van der Waals surface area contributed by atoms with Gasteiger partial charge < -0.3 is 10.1 Å². The van der Waals surface area contributed by atoms with Gasteiger partial charge in [-0.15, -0.1) is 0 Å². The van der Waals surface area contributed by atoms with E-state index >= 15 is 0 Å². The predicted octanol–water partition coefficient (Wildman–Crippen LogP) is 4.04. The van der Waals surface area contributed by atoms with Crippen LogP contribution >= 0.6 is 11.6 Å². The molecule has 0 aromatic heterocycles. The van der Waals surface area contributed by atoms with Crippen LogP contribution in [0, 0.1) is 10.1 Å². The first-order chi connectivity index (χ1) is 11.0. The monoisotopic (exact) mass is 334 g/mol. The Morgan fingerprint density at radius 2 is 2.04 bits per heavy atom. The lowest BCUT2D eigenvalue weighted by molar-refractivity contribution is -0.384. The number of hydrogen-bond acceptors (Lipinski definition) is 4. The molecule has 0 saturated carbocycles. The zero-order valence-corrected chi connectivity index (χ0v) is 13.1. The highest BCUT2D eigenvalue weighted by molar-refractivity contribution is 6.30. The van der Waals surface area contributed by atoms with Crippen molar-refractivity contribution in [1.82, 2.24) is 0 Å². The topological polar surface area (TPSA) is 81.5 Å². The third-order valence-corrected chi connectivity index (χ3v) is 3.30. The van der Waals surface area contributed by atoms with Crippen LogP contribution in [0.3, 0.4) is 0 Å². The van der Waals surface area contributed by atoms with E-state index < -0.39 is 11.0 Å². The van der Waals surface area contributed by atoms with Crippen LogP contribution in [0.15, 0.2) is 48.5 Å². The van der Waals surface area contributed by atoms with Gasteiger partial charge in [0.2, 0.25) is 0 Å². The number of nitrogens with zero attached hydrogens (tertiary/aromatic N) is 1. The second-order valence-electron chi connectivity index (χ2n) is 4.77. The number of nitrogens with one attached hydrogen (secondary N) is 1. The molecule has 6 nitrogen and oxygen atoms in total. The maximum Gasteiger partial charge on any atom is 0.271 e. The summed E-state index contributed by atoms with van der Waals surface area (Å²) in [6.07, 6.45) is -0.291. The average Bonchev–Trinajstić information content (AvgIpc) is 2.52. The number of carbonyl (C=O) groups excluding carboxylic acids is 1. The Labute approximate surface area is 138 Å². The van der Waals surface area contributed by atoms with Crippen molar-refractivity contribution in [3.8, 4) is 5.75 Å². The van der Waals surface area contributed by atoms with Crippen molar-refractivity contribution < 1.29 is 14.5 Å². The Kier molecular flexibility index (Phi) is 5.54. The fraction of sp³-hybridized carbons (Fsp3) is 0.188. The molecule has 0 radical (unpaired) electrons. The molecule has 120 valence electrons. The Bertz CT molecular complexity index is 721. The van der Waals surface area contributed by atoms with Gasteiger partial charge in [0.05, 0.1) is 4.92 Å². The molecule has 0 heterocycles. The van der Waals surface area contributed by atoms with Gasteiger partial charge in [0.15, 0.2) is 6.10 Å². The summed E-state index contributed by atoms with van der Waals surface area (Å²) in [5.74, 6) is 0.103. The van der Waals surface area contributed by atoms with E-state index in [0.717, 1.165) is 0 Å². The maximum atomic E-state index is 12.3. The fourth-order valence-electron chi connectivity index (χ4n) is 1.95. The van der Waals surface area contributed by atoms with E-state index in [0.29, 0.717) is 22.9 Å². The summed E-state index contributed by atoms with van der Waals surface area (Å²) in [6, 6.07) is 12.5. The maximum absolute atomic E-state index is 12.3. The molecule has 23 heavy (non-hydrogen) atoms. The normalized spacial score (nSPS) is 11.6. The van der Waals surface area contributed by atoms with Crippen molar-refractivity contribution >= 4 is 28.9 Å². The standard InChI is InChI=1S/C16H15ClN2O4/c1-2-15(23-14-8-3-5-11(17)9-14)16(20)18-12-6-4-7-13(10-12)19(21)22/h3-10,15H,2H2,1H3,(H,18,20)/t15-/m1/s1. The number of amides is 1. The molecule has 2 aromatic carbocycles. The summed E-state index contributed by atoms with van der Waals surface area (Å²) in [5.41, 5.74) is 0.254. The molecule has 0 unspecified atom stereocenters. The van der Waals surface area contributed by atoms with Gasteiger partial charge in [-0.1, -0.05) is 30.7 Å². The zero-order valence-electron chi connectivity index (χ0n) is 12.4. The number of benzene rings is 2. The number of halogens is 1. The summed E-state index contributed by atoms with van der Waals surface area (Å²) in [5, 5.41) is 13.9. The molecular formula is C16H15ClN2O4. The summed E-state index contributed by atoms with van der Waals surface area (Å²) in [7, 11) is 0. The molecule has 0 aliphatic heterocycles. The number of hydrogen-bond donors (Lipinski definition) is 1. The minimum atomic E-state index is -0.729. The molecule has 0 aliphatic carbocycles. The number of nitro groups is 1. The van der Waals surface area contributed by atoms with E-state index in [1.54, 1.807) is 30.3 Å². The van der Waals surface area contributed by atoms with Crippen molar-refractivity contribution in [1.29, 1.82) is 0 Å². The number of rotatable bonds is 6. The summed E-state index contributed by atoms with van der Waals surface area (Å²) in [4.78, 5) is 22.5. The van der Waals surface area contributed by atoms with Crippen molar-refractivity contribution in [3.63, 3.8) is 0 Å². The van der Waals surface area contributed by atoms with Gasteiger partial charge in [0.1, 0.15) is 5.75 Å². The van der Waals surface area contributed by atoms with E-state index in [9.17, 15) is 14.9 Å². The van der Waals surface area contributed by atoms with E-state index in [2.05, 4.69) is 5.32 Å². The van der Waals surface area contributed by atoms with Crippen LogP contribution in [0.4, 0.5) is 11.4 Å². The molecule has 0 spiro atoms. The number of anilines is 1. The number of carbonyl (C=O) groups is 1. The minimum Gasteiger partial charge on any atom is -0.481 e. The lowest BCUT2D eigenvalue weighted by Gasteiger charge is -2.17. The molecule has 7 heteroatoms. The van der Waals surface area contributed by atoms with Gasteiger partial charge in [0, 0.05) is 22.8 Å². The number of ether oxygens (including phenoxy) is 1. The SMILES string of the molecule is CC[C@@H](Oc1cccc(Cl)c1)C(=O)Nc1cccc([N+](=O)[O-])c1. The highest BCUT2D eigenvalue weighted by Crippen LogP contribution is 2.21. The lowest BCUT2D eigenvalue weighted by atomic mass is 10.2. The van der Waals surface area contributed by atoms with Crippen LogP contribution in [-0.4, -0.2) is 16.9 Å². The first-order valence-corrected chi connectivity index (χ1v) is 7.35. The summed E-state index contributed by atoms with van der Waals surface area (Å²) >= 11 is 5.88. The highest BCUT2D eigenvalue weighted by Gasteiger charge is 2.19.